The smallest absolute Gasteiger partial charge is 0.305 e. The number of carboxylic acids is 1. The molecule has 1 aromatic carbocycles. The van der Waals surface area contributed by atoms with Crippen molar-refractivity contribution in [2.45, 2.75) is 12.5 Å². The van der Waals surface area contributed by atoms with E-state index in [9.17, 15) is 14.0 Å². The number of hydrogen-bond donors (Lipinski definition) is 1. The van der Waals surface area contributed by atoms with Crippen molar-refractivity contribution in [2.24, 2.45) is 0 Å². The molecule has 1 aliphatic heterocycles. The van der Waals surface area contributed by atoms with Gasteiger partial charge in [-0.3, -0.25) is 9.59 Å². The lowest BCUT2D eigenvalue weighted by atomic mass is 10.1. The number of rotatable bonds is 4. The molecule has 1 unspecified atom stereocenters. The number of nitrogens with zero attached hydrogens (tertiary/aromatic N) is 1. The summed E-state index contributed by atoms with van der Waals surface area (Å²) in [6, 6.07) is 5.66. The zero-order valence-electron chi connectivity index (χ0n) is 11.4. The predicted octanol–water partition coefficient (Wildman–Crippen LogP) is 2.26. The third-order valence-corrected chi connectivity index (χ3v) is 4.28. The Labute approximate surface area is 126 Å². The Kier molecular flexibility index (Phi) is 5.38. The zero-order chi connectivity index (χ0) is 15.2. The summed E-state index contributed by atoms with van der Waals surface area (Å²) in [4.78, 5) is 24.6. The normalized spacial score (nSPS) is 18.9. The van der Waals surface area contributed by atoms with E-state index >= 15 is 0 Å². The van der Waals surface area contributed by atoms with E-state index in [4.69, 9.17) is 5.11 Å². The molecule has 4 nitrogen and oxygen atoms in total. The molecule has 1 atom stereocenters. The number of aliphatic carboxylic acids is 1. The molecule has 0 aromatic heterocycles. The molecule has 1 aliphatic rings. The lowest BCUT2D eigenvalue weighted by Gasteiger charge is -2.33. The molecule has 0 bridgehead atoms. The van der Waals surface area contributed by atoms with Gasteiger partial charge in [-0.25, -0.2) is 4.39 Å². The maximum absolute atomic E-state index is 13.1. The molecule has 2 rings (SSSR count). The highest BCUT2D eigenvalue weighted by atomic mass is 32.2. The largest absolute Gasteiger partial charge is 0.481 e. The fraction of sp³-hybridized carbons (Fsp3) is 0.333. The Hall–Kier alpha value is -1.82. The minimum Gasteiger partial charge on any atom is -0.481 e. The quantitative estimate of drug-likeness (QED) is 0.867. The Morgan fingerprint density at radius 1 is 1.48 bits per heavy atom. The van der Waals surface area contributed by atoms with Gasteiger partial charge in [-0.1, -0.05) is 12.1 Å². The fourth-order valence-electron chi connectivity index (χ4n) is 2.19. The fourth-order valence-corrected chi connectivity index (χ4v) is 3.25. The summed E-state index contributed by atoms with van der Waals surface area (Å²) in [5.74, 6) is -0.0652. The van der Waals surface area contributed by atoms with Crippen LogP contribution >= 0.6 is 11.8 Å². The number of carbonyl (C=O) groups excluding carboxylic acids is 1. The van der Waals surface area contributed by atoms with Gasteiger partial charge in [0.2, 0.25) is 5.91 Å². The maximum Gasteiger partial charge on any atom is 0.305 e. The van der Waals surface area contributed by atoms with Gasteiger partial charge in [0.1, 0.15) is 5.82 Å². The number of carbonyl (C=O) groups is 2. The standard InChI is InChI=1S/C15H16FNO3S/c16-12-3-1-2-11(8-12)4-5-14(18)17-6-7-21-10-13(17)9-15(19)20/h1-5,8,13H,6-7,9-10H2,(H,19,20). The van der Waals surface area contributed by atoms with Crippen molar-refractivity contribution in [1.82, 2.24) is 4.90 Å². The molecule has 0 aliphatic carbocycles. The van der Waals surface area contributed by atoms with Crippen molar-refractivity contribution >= 4 is 29.7 Å². The van der Waals surface area contributed by atoms with Crippen LogP contribution in [0.2, 0.25) is 0 Å². The van der Waals surface area contributed by atoms with Gasteiger partial charge < -0.3 is 10.0 Å². The van der Waals surface area contributed by atoms with E-state index in [-0.39, 0.29) is 24.2 Å². The zero-order valence-corrected chi connectivity index (χ0v) is 12.2. The number of thioether (sulfide) groups is 1. The molecule has 1 aromatic rings. The highest BCUT2D eigenvalue weighted by Gasteiger charge is 2.27. The summed E-state index contributed by atoms with van der Waals surface area (Å²) in [5.41, 5.74) is 0.601. The highest BCUT2D eigenvalue weighted by Crippen LogP contribution is 2.19. The number of hydrogen-bond acceptors (Lipinski definition) is 3. The topological polar surface area (TPSA) is 57.6 Å². The SMILES string of the molecule is O=C(O)CC1CSCCN1C(=O)C=Cc1cccc(F)c1. The van der Waals surface area contributed by atoms with Crippen molar-refractivity contribution in [2.75, 3.05) is 18.1 Å². The molecule has 1 heterocycles. The summed E-state index contributed by atoms with van der Waals surface area (Å²) < 4.78 is 13.1. The number of benzene rings is 1. The summed E-state index contributed by atoms with van der Waals surface area (Å²) in [7, 11) is 0. The maximum atomic E-state index is 13.1. The van der Waals surface area contributed by atoms with E-state index in [1.807, 2.05) is 0 Å². The molecule has 21 heavy (non-hydrogen) atoms. The first kappa shape index (κ1) is 15.6. The second kappa shape index (κ2) is 7.26. The predicted molar refractivity (Wildman–Crippen MR) is 80.5 cm³/mol. The molecule has 0 saturated carbocycles. The van der Waals surface area contributed by atoms with Crippen LogP contribution in [0.25, 0.3) is 6.08 Å². The van der Waals surface area contributed by atoms with Crippen LogP contribution in [-0.2, 0) is 9.59 Å². The summed E-state index contributed by atoms with van der Waals surface area (Å²) in [6.45, 7) is 0.537. The first-order valence-electron chi connectivity index (χ1n) is 6.60. The molecule has 1 saturated heterocycles. The van der Waals surface area contributed by atoms with Gasteiger partial charge in [-0.15, -0.1) is 0 Å². The molecule has 0 spiro atoms. The number of carboxylic acid groups (broad SMARTS) is 1. The summed E-state index contributed by atoms with van der Waals surface area (Å²) >= 11 is 1.65. The molecule has 112 valence electrons. The van der Waals surface area contributed by atoms with E-state index < -0.39 is 5.97 Å². The van der Waals surface area contributed by atoms with Crippen molar-refractivity contribution < 1.29 is 19.1 Å². The van der Waals surface area contributed by atoms with Crippen LogP contribution in [0.15, 0.2) is 30.3 Å². The van der Waals surface area contributed by atoms with Crippen molar-refractivity contribution in [3.05, 3.63) is 41.7 Å². The van der Waals surface area contributed by atoms with Crippen LogP contribution < -0.4 is 0 Å². The van der Waals surface area contributed by atoms with Gasteiger partial charge in [-0.2, -0.15) is 11.8 Å². The first-order chi connectivity index (χ1) is 10.1. The molecule has 1 fully saturated rings. The number of halogens is 1. The van der Waals surface area contributed by atoms with E-state index in [1.54, 1.807) is 34.9 Å². The van der Waals surface area contributed by atoms with E-state index in [2.05, 4.69) is 0 Å². The third kappa shape index (κ3) is 4.60. The van der Waals surface area contributed by atoms with Crippen molar-refractivity contribution in [3.8, 4) is 0 Å². The Morgan fingerprint density at radius 2 is 2.29 bits per heavy atom. The third-order valence-electron chi connectivity index (χ3n) is 3.19. The molecular formula is C15H16FNO3S. The molecule has 1 N–H and O–H groups in total. The Balaban J connectivity index is 2.05. The van der Waals surface area contributed by atoms with Gasteiger partial charge in [0.05, 0.1) is 12.5 Å². The van der Waals surface area contributed by atoms with Gasteiger partial charge in [0.25, 0.3) is 0 Å². The van der Waals surface area contributed by atoms with Crippen LogP contribution in [-0.4, -0.2) is 46.0 Å². The van der Waals surface area contributed by atoms with Gasteiger partial charge >= 0.3 is 5.97 Å². The first-order valence-corrected chi connectivity index (χ1v) is 7.75. The number of amides is 1. The van der Waals surface area contributed by atoms with Crippen LogP contribution in [0.3, 0.4) is 0 Å². The van der Waals surface area contributed by atoms with E-state index in [1.165, 1.54) is 18.2 Å². The summed E-state index contributed by atoms with van der Waals surface area (Å²) in [5, 5.41) is 8.90. The van der Waals surface area contributed by atoms with Gasteiger partial charge in [-0.05, 0) is 23.8 Å². The van der Waals surface area contributed by atoms with Crippen molar-refractivity contribution in [1.29, 1.82) is 0 Å². The average molecular weight is 309 g/mol. The molecular weight excluding hydrogens is 293 g/mol. The molecule has 0 radical (unpaired) electrons. The van der Waals surface area contributed by atoms with Crippen LogP contribution in [0.1, 0.15) is 12.0 Å². The minimum absolute atomic E-state index is 0.0491. The van der Waals surface area contributed by atoms with Crippen LogP contribution in [0, 0.1) is 5.82 Å². The second-order valence-electron chi connectivity index (χ2n) is 4.75. The molecule has 6 heteroatoms. The van der Waals surface area contributed by atoms with Gasteiger partial charge in [0.15, 0.2) is 0 Å². The van der Waals surface area contributed by atoms with Crippen LogP contribution in [0.4, 0.5) is 4.39 Å². The minimum atomic E-state index is -0.908. The lowest BCUT2D eigenvalue weighted by Crippen LogP contribution is -2.46. The van der Waals surface area contributed by atoms with E-state index in [0.717, 1.165) is 5.75 Å². The van der Waals surface area contributed by atoms with Crippen molar-refractivity contribution in [3.63, 3.8) is 0 Å². The highest BCUT2D eigenvalue weighted by molar-refractivity contribution is 7.99. The average Bonchev–Trinajstić information content (AvgIpc) is 2.45. The second-order valence-corrected chi connectivity index (χ2v) is 5.90. The van der Waals surface area contributed by atoms with E-state index in [0.29, 0.717) is 17.9 Å². The monoisotopic (exact) mass is 309 g/mol. The lowest BCUT2D eigenvalue weighted by molar-refractivity contribution is -0.139. The van der Waals surface area contributed by atoms with Gasteiger partial charge in [0, 0.05) is 24.1 Å². The summed E-state index contributed by atoms with van der Waals surface area (Å²) in [6.07, 6.45) is 2.87. The van der Waals surface area contributed by atoms with Crippen LogP contribution in [0.5, 0.6) is 0 Å². The Morgan fingerprint density at radius 3 is 3.00 bits per heavy atom. The Bertz CT molecular complexity index is 562. The molecule has 1 amide bonds.